The van der Waals surface area contributed by atoms with Crippen molar-refractivity contribution < 1.29 is 0 Å². The predicted octanol–water partition coefficient (Wildman–Crippen LogP) is 1.68. The van der Waals surface area contributed by atoms with Crippen molar-refractivity contribution in [1.82, 2.24) is 9.97 Å². The second-order valence-corrected chi connectivity index (χ2v) is 4.62. The van der Waals surface area contributed by atoms with E-state index in [0.29, 0.717) is 0 Å². The molecule has 0 bridgehead atoms. The molecule has 86 valence electrons. The van der Waals surface area contributed by atoms with Crippen LogP contribution in [-0.4, -0.2) is 36.1 Å². The monoisotopic (exact) mass is 218 g/mol. The Morgan fingerprint density at radius 1 is 0.688 bits per heavy atom. The molecule has 0 amide bonds. The maximum absolute atomic E-state index is 4.53. The van der Waals surface area contributed by atoms with Gasteiger partial charge in [-0.2, -0.15) is 0 Å². The molecule has 2 saturated heterocycles. The summed E-state index contributed by atoms with van der Waals surface area (Å²) in [5.74, 6) is 2.08. The van der Waals surface area contributed by atoms with Gasteiger partial charge in [-0.1, -0.05) is 0 Å². The number of rotatable bonds is 2. The molecule has 0 aromatic carbocycles. The summed E-state index contributed by atoms with van der Waals surface area (Å²) in [6.45, 7) is 4.55. The first-order chi connectivity index (χ1) is 7.93. The van der Waals surface area contributed by atoms with Crippen LogP contribution < -0.4 is 9.80 Å². The predicted molar refractivity (Wildman–Crippen MR) is 64.9 cm³/mol. The molecule has 0 saturated carbocycles. The summed E-state index contributed by atoms with van der Waals surface area (Å²) < 4.78 is 0. The van der Waals surface area contributed by atoms with Crippen LogP contribution in [0.25, 0.3) is 0 Å². The minimum absolute atomic E-state index is 1.04. The molecular formula is C12H18N4. The summed E-state index contributed by atoms with van der Waals surface area (Å²) in [7, 11) is 0. The quantitative estimate of drug-likeness (QED) is 0.756. The van der Waals surface area contributed by atoms with E-state index in [9.17, 15) is 0 Å². The molecule has 3 rings (SSSR count). The summed E-state index contributed by atoms with van der Waals surface area (Å²) in [6, 6.07) is 0. The zero-order valence-corrected chi connectivity index (χ0v) is 9.60. The molecule has 0 spiro atoms. The standard InChI is InChI=1S/C12H18N4/c1-2-6-15(5-1)11-9-14-12(10-13-11)16-7-3-4-8-16/h9-10H,1-8H2. The fourth-order valence-corrected chi connectivity index (χ4v) is 2.53. The molecule has 4 heteroatoms. The lowest BCUT2D eigenvalue weighted by Gasteiger charge is -2.19. The highest BCUT2D eigenvalue weighted by Crippen LogP contribution is 2.20. The number of aromatic nitrogens is 2. The highest BCUT2D eigenvalue weighted by Gasteiger charge is 2.16. The Kier molecular flexibility index (Phi) is 2.64. The van der Waals surface area contributed by atoms with Crippen molar-refractivity contribution in [3.05, 3.63) is 12.4 Å². The van der Waals surface area contributed by atoms with Gasteiger partial charge in [0, 0.05) is 26.2 Å². The van der Waals surface area contributed by atoms with Gasteiger partial charge in [0.1, 0.15) is 11.6 Å². The fraction of sp³-hybridized carbons (Fsp3) is 0.667. The van der Waals surface area contributed by atoms with Crippen molar-refractivity contribution in [2.24, 2.45) is 0 Å². The third kappa shape index (κ3) is 1.84. The first-order valence-corrected chi connectivity index (χ1v) is 6.25. The third-order valence-electron chi connectivity index (χ3n) is 3.48. The highest BCUT2D eigenvalue weighted by atomic mass is 15.2. The van der Waals surface area contributed by atoms with E-state index >= 15 is 0 Å². The second kappa shape index (κ2) is 4.28. The van der Waals surface area contributed by atoms with Crippen LogP contribution in [0.3, 0.4) is 0 Å². The maximum atomic E-state index is 4.53. The topological polar surface area (TPSA) is 32.3 Å². The van der Waals surface area contributed by atoms with Crippen LogP contribution in [0, 0.1) is 0 Å². The fourth-order valence-electron chi connectivity index (χ4n) is 2.53. The SMILES string of the molecule is c1nc(N2CCCC2)cnc1N1CCCC1. The van der Waals surface area contributed by atoms with Crippen molar-refractivity contribution in [1.29, 1.82) is 0 Å². The minimum Gasteiger partial charge on any atom is -0.355 e. The molecule has 0 radical (unpaired) electrons. The van der Waals surface area contributed by atoms with Crippen molar-refractivity contribution in [3.8, 4) is 0 Å². The Morgan fingerprint density at radius 3 is 1.38 bits per heavy atom. The molecule has 4 nitrogen and oxygen atoms in total. The van der Waals surface area contributed by atoms with Gasteiger partial charge in [-0.05, 0) is 25.7 Å². The Balaban J connectivity index is 1.73. The van der Waals surface area contributed by atoms with Gasteiger partial charge in [0.25, 0.3) is 0 Å². The molecule has 2 aliphatic heterocycles. The number of nitrogens with zero attached hydrogens (tertiary/aromatic N) is 4. The normalized spacial score (nSPS) is 20.8. The molecule has 1 aromatic rings. The van der Waals surface area contributed by atoms with Crippen molar-refractivity contribution >= 4 is 11.6 Å². The molecule has 0 atom stereocenters. The molecular weight excluding hydrogens is 200 g/mol. The van der Waals surface area contributed by atoms with Gasteiger partial charge >= 0.3 is 0 Å². The van der Waals surface area contributed by atoms with E-state index in [1.165, 1.54) is 25.7 Å². The highest BCUT2D eigenvalue weighted by molar-refractivity contribution is 5.44. The van der Waals surface area contributed by atoms with Gasteiger partial charge in [0.05, 0.1) is 12.4 Å². The summed E-state index contributed by atoms with van der Waals surface area (Å²) in [4.78, 5) is 13.7. The summed E-state index contributed by atoms with van der Waals surface area (Å²) in [6.07, 6.45) is 9.01. The van der Waals surface area contributed by atoms with Crippen molar-refractivity contribution in [2.75, 3.05) is 36.0 Å². The third-order valence-corrected chi connectivity index (χ3v) is 3.48. The molecule has 16 heavy (non-hydrogen) atoms. The maximum Gasteiger partial charge on any atom is 0.147 e. The molecule has 0 unspecified atom stereocenters. The molecule has 1 aromatic heterocycles. The van der Waals surface area contributed by atoms with Gasteiger partial charge in [0.15, 0.2) is 0 Å². The largest absolute Gasteiger partial charge is 0.355 e. The van der Waals surface area contributed by atoms with Crippen LogP contribution in [0.1, 0.15) is 25.7 Å². The Bertz CT molecular complexity index is 302. The van der Waals surface area contributed by atoms with Crippen LogP contribution >= 0.6 is 0 Å². The smallest absolute Gasteiger partial charge is 0.147 e. The van der Waals surface area contributed by atoms with E-state index in [2.05, 4.69) is 19.8 Å². The van der Waals surface area contributed by atoms with E-state index in [1.807, 2.05) is 12.4 Å². The van der Waals surface area contributed by atoms with Crippen LogP contribution in [0.15, 0.2) is 12.4 Å². The van der Waals surface area contributed by atoms with Gasteiger partial charge < -0.3 is 9.80 Å². The van der Waals surface area contributed by atoms with E-state index in [4.69, 9.17) is 0 Å². The molecule has 0 aliphatic carbocycles. The van der Waals surface area contributed by atoms with E-state index in [-0.39, 0.29) is 0 Å². The number of hydrogen-bond donors (Lipinski definition) is 0. The lowest BCUT2D eigenvalue weighted by Crippen LogP contribution is -2.22. The van der Waals surface area contributed by atoms with Crippen molar-refractivity contribution in [2.45, 2.75) is 25.7 Å². The van der Waals surface area contributed by atoms with Crippen LogP contribution in [0.4, 0.5) is 11.6 Å². The van der Waals surface area contributed by atoms with Gasteiger partial charge in [0.2, 0.25) is 0 Å². The molecule has 0 N–H and O–H groups in total. The minimum atomic E-state index is 1.04. The zero-order chi connectivity index (χ0) is 10.8. The average Bonchev–Trinajstić information content (AvgIpc) is 3.03. The Morgan fingerprint density at radius 2 is 1.06 bits per heavy atom. The summed E-state index contributed by atoms with van der Waals surface area (Å²) in [5, 5.41) is 0. The first-order valence-electron chi connectivity index (χ1n) is 6.25. The lowest BCUT2D eigenvalue weighted by molar-refractivity contribution is 0.896. The van der Waals surface area contributed by atoms with Crippen LogP contribution in [0.5, 0.6) is 0 Å². The van der Waals surface area contributed by atoms with Crippen LogP contribution in [0.2, 0.25) is 0 Å². The zero-order valence-electron chi connectivity index (χ0n) is 9.60. The van der Waals surface area contributed by atoms with Crippen LogP contribution in [-0.2, 0) is 0 Å². The summed E-state index contributed by atoms with van der Waals surface area (Å²) in [5.41, 5.74) is 0. The summed E-state index contributed by atoms with van der Waals surface area (Å²) >= 11 is 0. The van der Waals surface area contributed by atoms with E-state index < -0.39 is 0 Å². The Hall–Kier alpha value is -1.32. The molecule has 2 aliphatic rings. The molecule has 3 heterocycles. The lowest BCUT2D eigenvalue weighted by atomic mass is 10.4. The van der Waals surface area contributed by atoms with Gasteiger partial charge in [-0.15, -0.1) is 0 Å². The van der Waals surface area contributed by atoms with Gasteiger partial charge in [-0.3, -0.25) is 0 Å². The van der Waals surface area contributed by atoms with E-state index in [1.54, 1.807) is 0 Å². The van der Waals surface area contributed by atoms with E-state index in [0.717, 1.165) is 37.8 Å². The molecule has 2 fully saturated rings. The number of anilines is 2. The Labute approximate surface area is 96.3 Å². The van der Waals surface area contributed by atoms with Crippen molar-refractivity contribution in [3.63, 3.8) is 0 Å². The number of hydrogen-bond acceptors (Lipinski definition) is 4. The average molecular weight is 218 g/mol. The second-order valence-electron chi connectivity index (χ2n) is 4.62. The first kappa shape index (κ1) is 9.87. The van der Waals surface area contributed by atoms with Gasteiger partial charge in [-0.25, -0.2) is 9.97 Å².